The van der Waals surface area contributed by atoms with Gasteiger partial charge in [0, 0.05) is 5.56 Å². The Labute approximate surface area is 131 Å². The third-order valence-electron chi connectivity index (χ3n) is 4.18. The molecule has 2 atom stereocenters. The van der Waals surface area contributed by atoms with E-state index in [0.29, 0.717) is 23.6 Å². The van der Waals surface area contributed by atoms with Gasteiger partial charge in [-0.3, -0.25) is 0 Å². The first-order valence-corrected chi connectivity index (χ1v) is 7.23. The van der Waals surface area contributed by atoms with Crippen molar-refractivity contribution in [2.75, 3.05) is 6.61 Å². The van der Waals surface area contributed by atoms with Gasteiger partial charge in [-0.1, -0.05) is 30.3 Å². The number of hydrazone groups is 1. The quantitative estimate of drug-likeness (QED) is 0.879. The molecule has 0 saturated carbocycles. The van der Waals surface area contributed by atoms with Gasteiger partial charge in [0.1, 0.15) is 11.6 Å². The number of hydrogen-bond acceptors (Lipinski definition) is 3. The Bertz CT molecular complexity index is 807. The van der Waals surface area contributed by atoms with Gasteiger partial charge < -0.3 is 9.84 Å². The van der Waals surface area contributed by atoms with E-state index in [-0.39, 0.29) is 5.92 Å². The molecule has 0 spiro atoms. The molecule has 2 aliphatic rings. The zero-order chi connectivity index (χ0) is 16.0. The molecule has 0 fully saturated rings. The molecule has 0 aliphatic carbocycles. The Morgan fingerprint density at radius 2 is 2.04 bits per heavy atom. The standard InChI is InChI=1S/C17H13FN2O3/c18-11-6-7-14-12(8-11)15-13(9-23-14)16(20(19-15)17(21)22)10-4-2-1-3-5-10/h1-8,13,16H,9H2,(H,21,22)/t13-,16-/m1/s1. The van der Waals surface area contributed by atoms with Gasteiger partial charge in [0.2, 0.25) is 0 Å². The van der Waals surface area contributed by atoms with Gasteiger partial charge in [0.05, 0.1) is 24.3 Å². The highest BCUT2D eigenvalue weighted by molar-refractivity contribution is 6.07. The van der Waals surface area contributed by atoms with Gasteiger partial charge in [-0.05, 0) is 23.8 Å². The summed E-state index contributed by atoms with van der Waals surface area (Å²) in [5, 5.41) is 14.8. The normalized spacial score (nSPS) is 22.0. The molecule has 116 valence electrons. The summed E-state index contributed by atoms with van der Waals surface area (Å²) >= 11 is 0. The summed E-state index contributed by atoms with van der Waals surface area (Å²) in [5.41, 5.74) is 1.91. The number of benzene rings is 2. The third-order valence-corrected chi connectivity index (χ3v) is 4.18. The topological polar surface area (TPSA) is 62.1 Å². The monoisotopic (exact) mass is 312 g/mol. The Hall–Kier alpha value is -2.89. The highest BCUT2D eigenvalue weighted by Gasteiger charge is 2.45. The maximum atomic E-state index is 13.6. The maximum absolute atomic E-state index is 13.6. The molecular formula is C17H13FN2O3. The van der Waals surface area contributed by atoms with Gasteiger partial charge in [0.15, 0.2) is 0 Å². The largest absolute Gasteiger partial charge is 0.492 e. The summed E-state index contributed by atoms with van der Waals surface area (Å²) in [6.07, 6.45) is -1.14. The first-order valence-electron chi connectivity index (χ1n) is 7.23. The number of nitrogens with zero attached hydrogens (tertiary/aromatic N) is 2. The summed E-state index contributed by atoms with van der Waals surface area (Å²) in [6, 6.07) is 13.0. The minimum atomic E-state index is -1.14. The lowest BCUT2D eigenvalue weighted by Gasteiger charge is -2.28. The average Bonchev–Trinajstić information content (AvgIpc) is 2.96. The number of hydrogen-bond donors (Lipinski definition) is 1. The minimum Gasteiger partial charge on any atom is -0.492 e. The number of ether oxygens (including phenoxy) is 1. The van der Waals surface area contributed by atoms with Crippen molar-refractivity contribution in [2.45, 2.75) is 6.04 Å². The fourth-order valence-electron chi connectivity index (χ4n) is 3.19. The molecule has 0 aromatic heterocycles. The number of fused-ring (bicyclic) bond motifs is 3. The van der Waals surface area contributed by atoms with Gasteiger partial charge in [-0.25, -0.2) is 9.18 Å². The second kappa shape index (κ2) is 5.08. The molecule has 5 nitrogen and oxygen atoms in total. The predicted octanol–water partition coefficient (Wildman–Crippen LogP) is 3.27. The van der Waals surface area contributed by atoms with Crippen LogP contribution in [0.5, 0.6) is 5.75 Å². The smallest absolute Gasteiger partial charge is 0.428 e. The molecule has 2 heterocycles. The van der Waals surface area contributed by atoms with Crippen LogP contribution in [0.15, 0.2) is 53.6 Å². The van der Waals surface area contributed by atoms with Crippen LogP contribution >= 0.6 is 0 Å². The maximum Gasteiger partial charge on any atom is 0.428 e. The summed E-state index contributed by atoms with van der Waals surface area (Å²) < 4.78 is 19.3. The molecule has 2 aromatic carbocycles. The Morgan fingerprint density at radius 3 is 2.78 bits per heavy atom. The molecular weight excluding hydrogens is 299 g/mol. The van der Waals surface area contributed by atoms with E-state index in [2.05, 4.69) is 5.10 Å². The van der Waals surface area contributed by atoms with Crippen LogP contribution in [0.1, 0.15) is 17.2 Å². The van der Waals surface area contributed by atoms with Crippen molar-refractivity contribution in [1.29, 1.82) is 0 Å². The van der Waals surface area contributed by atoms with Crippen LogP contribution in [0, 0.1) is 11.7 Å². The van der Waals surface area contributed by atoms with Crippen molar-refractivity contribution < 1.29 is 19.0 Å². The molecule has 23 heavy (non-hydrogen) atoms. The lowest BCUT2D eigenvalue weighted by molar-refractivity contribution is 0.118. The molecule has 1 amide bonds. The van der Waals surface area contributed by atoms with Crippen LogP contribution in [-0.2, 0) is 0 Å². The van der Waals surface area contributed by atoms with E-state index >= 15 is 0 Å². The van der Waals surface area contributed by atoms with E-state index in [1.54, 1.807) is 6.07 Å². The lowest BCUT2D eigenvalue weighted by Crippen LogP contribution is -2.34. The van der Waals surface area contributed by atoms with Gasteiger partial charge in [-0.15, -0.1) is 0 Å². The molecule has 2 aliphatic heterocycles. The van der Waals surface area contributed by atoms with Gasteiger partial charge >= 0.3 is 6.09 Å². The van der Waals surface area contributed by atoms with Crippen molar-refractivity contribution in [1.82, 2.24) is 5.01 Å². The van der Waals surface area contributed by atoms with Crippen LogP contribution < -0.4 is 4.74 Å². The van der Waals surface area contributed by atoms with Gasteiger partial charge in [0.25, 0.3) is 0 Å². The van der Waals surface area contributed by atoms with Crippen LogP contribution in [0.3, 0.4) is 0 Å². The zero-order valence-corrected chi connectivity index (χ0v) is 12.0. The van der Waals surface area contributed by atoms with E-state index in [1.165, 1.54) is 12.1 Å². The summed E-state index contributed by atoms with van der Waals surface area (Å²) in [6.45, 7) is 0.306. The molecule has 0 unspecified atom stereocenters. The van der Waals surface area contributed by atoms with E-state index in [4.69, 9.17) is 4.74 Å². The Morgan fingerprint density at radius 1 is 1.26 bits per heavy atom. The fourth-order valence-corrected chi connectivity index (χ4v) is 3.19. The van der Waals surface area contributed by atoms with Gasteiger partial charge in [-0.2, -0.15) is 10.1 Å². The number of carbonyl (C=O) groups is 1. The van der Waals surface area contributed by atoms with Crippen LogP contribution in [0.25, 0.3) is 0 Å². The van der Waals surface area contributed by atoms with E-state index < -0.39 is 18.0 Å². The zero-order valence-electron chi connectivity index (χ0n) is 12.0. The average molecular weight is 312 g/mol. The molecule has 1 N–H and O–H groups in total. The summed E-state index contributed by atoms with van der Waals surface area (Å²) in [5.74, 6) is -0.135. The Balaban J connectivity index is 1.83. The molecule has 6 heteroatoms. The van der Waals surface area contributed by atoms with E-state index in [1.807, 2.05) is 30.3 Å². The molecule has 0 saturated heterocycles. The summed E-state index contributed by atoms with van der Waals surface area (Å²) in [7, 11) is 0. The Kier molecular flexibility index (Phi) is 3.04. The highest BCUT2D eigenvalue weighted by Crippen LogP contribution is 2.42. The van der Waals surface area contributed by atoms with Crippen molar-refractivity contribution in [2.24, 2.45) is 11.0 Å². The molecule has 0 radical (unpaired) electrons. The first kappa shape index (κ1) is 13.8. The van der Waals surface area contributed by atoms with Crippen molar-refractivity contribution in [3.05, 3.63) is 65.5 Å². The SMILES string of the molecule is O=C(O)N1N=C2c3cc(F)ccc3OC[C@H]2[C@H]1c1ccccc1. The van der Waals surface area contributed by atoms with Crippen LogP contribution in [-0.4, -0.2) is 28.5 Å². The number of carboxylic acid groups (broad SMARTS) is 1. The van der Waals surface area contributed by atoms with Crippen LogP contribution in [0.4, 0.5) is 9.18 Å². The first-order chi connectivity index (χ1) is 11.1. The number of halogens is 1. The second-order valence-corrected chi connectivity index (χ2v) is 5.53. The van der Waals surface area contributed by atoms with Crippen molar-refractivity contribution in [3.63, 3.8) is 0 Å². The molecule has 4 rings (SSSR count). The van der Waals surface area contributed by atoms with E-state index in [0.717, 1.165) is 10.6 Å². The molecule has 2 aromatic rings. The van der Waals surface area contributed by atoms with Crippen LogP contribution in [0.2, 0.25) is 0 Å². The third kappa shape index (κ3) is 2.14. The molecule has 0 bridgehead atoms. The number of amides is 1. The fraction of sp³-hybridized carbons (Fsp3) is 0.176. The summed E-state index contributed by atoms with van der Waals surface area (Å²) in [4.78, 5) is 11.6. The van der Waals surface area contributed by atoms with E-state index in [9.17, 15) is 14.3 Å². The predicted molar refractivity (Wildman–Crippen MR) is 81.0 cm³/mol. The highest BCUT2D eigenvalue weighted by atomic mass is 19.1. The van der Waals surface area contributed by atoms with Crippen molar-refractivity contribution >= 4 is 11.8 Å². The number of rotatable bonds is 1. The van der Waals surface area contributed by atoms with Crippen molar-refractivity contribution in [3.8, 4) is 5.75 Å². The second-order valence-electron chi connectivity index (χ2n) is 5.53. The lowest BCUT2D eigenvalue weighted by atomic mass is 9.86. The minimum absolute atomic E-state index is 0.261.